The van der Waals surface area contributed by atoms with E-state index in [1.807, 2.05) is 12.1 Å². The molecule has 2 heterocycles. The molecule has 27 heavy (non-hydrogen) atoms. The van der Waals surface area contributed by atoms with Gasteiger partial charge in [-0.25, -0.2) is 4.79 Å². The molecule has 4 aromatic rings. The lowest BCUT2D eigenvalue weighted by Crippen LogP contribution is -2.20. The van der Waals surface area contributed by atoms with Crippen LogP contribution in [0.15, 0.2) is 63.8 Å². The molecule has 0 spiro atoms. The Morgan fingerprint density at radius 1 is 1.15 bits per heavy atom. The lowest BCUT2D eigenvalue weighted by Gasteiger charge is -2.02. The van der Waals surface area contributed by atoms with Gasteiger partial charge in [0, 0.05) is 22.5 Å². The molecule has 0 unspecified atom stereocenters. The van der Waals surface area contributed by atoms with Crippen LogP contribution in [-0.2, 0) is 0 Å². The van der Waals surface area contributed by atoms with Crippen LogP contribution >= 0.6 is 11.5 Å². The Balaban J connectivity index is 1.57. The van der Waals surface area contributed by atoms with E-state index in [0.29, 0.717) is 21.9 Å². The van der Waals surface area contributed by atoms with Crippen LogP contribution in [0.5, 0.6) is 5.75 Å². The van der Waals surface area contributed by atoms with Crippen LogP contribution in [0, 0.1) is 0 Å². The Bertz CT molecular complexity index is 1180. The average Bonchev–Trinajstić information content (AvgIpc) is 3.16. The molecule has 0 bridgehead atoms. The summed E-state index contributed by atoms with van der Waals surface area (Å²) in [5, 5.41) is 3.55. The molecule has 2 aromatic heterocycles. The number of hydrogen-bond acceptors (Lipinski definition) is 7. The number of hydrogen-bond donors (Lipinski definition) is 1. The Hall–Kier alpha value is -3.52. The Kier molecular flexibility index (Phi) is 4.39. The van der Waals surface area contributed by atoms with Crippen LogP contribution in [0.3, 0.4) is 0 Å². The fraction of sp³-hybridized carbons (Fsp3) is 0.0526. The van der Waals surface area contributed by atoms with Crippen LogP contribution < -0.4 is 15.7 Å². The number of amides is 1. The molecule has 8 heteroatoms. The smallest absolute Gasteiger partial charge is 0.349 e. The molecule has 7 nitrogen and oxygen atoms in total. The summed E-state index contributed by atoms with van der Waals surface area (Å²) in [6.07, 6.45) is 0. The van der Waals surface area contributed by atoms with Gasteiger partial charge in [0.25, 0.3) is 5.91 Å². The number of anilines is 1. The summed E-state index contributed by atoms with van der Waals surface area (Å²) in [5.74, 6) is 0.612. The number of methoxy groups -OCH3 is 1. The first-order valence-electron chi connectivity index (χ1n) is 7.96. The van der Waals surface area contributed by atoms with E-state index in [-0.39, 0.29) is 5.56 Å². The lowest BCUT2D eigenvalue weighted by molar-refractivity contribution is 0.102. The van der Waals surface area contributed by atoms with Gasteiger partial charge in [-0.2, -0.15) is 9.36 Å². The van der Waals surface area contributed by atoms with Crippen molar-refractivity contribution in [3.05, 3.63) is 70.6 Å². The van der Waals surface area contributed by atoms with Gasteiger partial charge in [-0.05, 0) is 36.4 Å². The molecule has 0 atom stereocenters. The second-order valence-corrected chi connectivity index (χ2v) is 6.34. The zero-order chi connectivity index (χ0) is 18.8. The van der Waals surface area contributed by atoms with Crippen molar-refractivity contribution in [3.8, 4) is 17.1 Å². The molecular weight excluding hydrogens is 366 g/mol. The molecule has 1 amide bonds. The van der Waals surface area contributed by atoms with Crippen molar-refractivity contribution in [2.75, 3.05) is 12.4 Å². The van der Waals surface area contributed by atoms with Gasteiger partial charge in [0.2, 0.25) is 5.13 Å². The Morgan fingerprint density at radius 2 is 1.93 bits per heavy atom. The number of nitrogens with one attached hydrogen (secondary N) is 1. The summed E-state index contributed by atoms with van der Waals surface area (Å²) in [4.78, 5) is 28.8. The van der Waals surface area contributed by atoms with Gasteiger partial charge in [0.1, 0.15) is 16.9 Å². The van der Waals surface area contributed by atoms with Crippen LogP contribution in [0.4, 0.5) is 5.13 Å². The highest BCUT2D eigenvalue weighted by molar-refractivity contribution is 7.10. The highest BCUT2D eigenvalue weighted by atomic mass is 32.1. The molecule has 0 aliphatic carbocycles. The predicted octanol–water partition coefficient (Wildman–Crippen LogP) is 3.57. The normalized spacial score (nSPS) is 10.7. The summed E-state index contributed by atoms with van der Waals surface area (Å²) < 4.78 is 14.5. The van der Waals surface area contributed by atoms with E-state index < -0.39 is 11.5 Å². The summed E-state index contributed by atoms with van der Waals surface area (Å²) in [6.45, 7) is 0. The molecule has 0 aliphatic rings. The SMILES string of the molecule is COc1ccc(-c2nsc(NC(=O)c3cc4ccccc4oc3=O)n2)cc1. The van der Waals surface area contributed by atoms with Gasteiger partial charge in [0.15, 0.2) is 5.82 Å². The monoisotopic (exact) mass is 379 g/mol. The van der Waals surface area contributed by atoms with Crippen LogP contribution in [0.1, 0.15) is 10.4 Å². The van der Waals surface area contributed by atoms with Gasteiger partial charge in [-0.15, -0.1) is 0 Å². The molecule has 0 radical (unpaired) electrons. The van der Waals surface area contributed by atoms with E-state index in [1.54, 1.807) is 43.5 Å². The highest BCUT2D eigenvalue weighted by Crippen LogP contribution is 2.23. The first kappa shape index (κ1) is 16.9. The third-order valence-corrected chi connectivity index (χ3v) is 4.51. The molecule has 2 aromatic carbocycles. The van der Waals surface area contributed by atoms with Gasteiger partial charge >= 0.3 is 5.63 Å². The maximum Gasteiger partial charge on any atom is 0.349 e. The zero-order valence-corrected chi connectivity index (χ0v) is 14.9. The Morgan fingerprint density at radius 3 is 2.70 bits per heavy atom. The van der Waals surface area contributed by atoms with Gasteiger partial charge in [0.05, 0.1) is 7.11 Å². The van der Waals surface area contributed by atoms with Crippen molar-refractivity contribution in [3.63, 3.8) is 0 Å². The largest absolute Gasteiger partial charge is 0.497 e. The fourth-order valence-electron chi connectivity index (χ4n) is 2.52. The van der Waals surface area contributed by atoms with Crippen LogP contribution in [0.2, 0.25) is 0 Å². The topological polar surface area (TPSA) is 94.3 Å². The number of fused-ring (bicyclic) bond motifs is 1. The first-order chi connectivity index (χ1) is 13.1. The van der Waals surface area contributed by atoms with E-state index in [1.165, 1.54) is 6.07 Å². The lowest BCUT2D eigenvalue weighted by atomic mass is 10.2. The van der Waals surface area contributed by atoms with E-state index in [9.17, 15) is 9.59 Å². The summed E-state index contributed by atoms with van der Waals surface area (Å²) in [7, 11) is 1.59. The van der Waals surface area contributed by atoms with E-state index in [4.69, 9.17) is 9.15 Å². The number of carbonyl (C=O) groups excluding carboxylic acids is 1. The number of benzene rings is 2. The molecule has 0 aliphatic heterocycles. The van der Waals surface area contributed by atoms with Gasteiger partial charge < -0.3 is 9.15 Å². The third kappa shape index (κ3) is 3.42. The minimum Gasteiger partial charge on any atom is -0.497 e. The Labute approximate surface area is 157 Å². The van der Waals surface area contributed by atoms with Crippen molar-refractivity contribution in [2.24, 2.45) is 0 Å². The van der Waals surface area contributed by atoms with Gasteiger partial charge in [-0.3, -0.25) is 10.1 Å². The minimum atomic E-state index is -0.703. The maximum atomic E-state index is 12.5. The zero-order valence-electron chi connectivity index (χ0n) is 14.1. The van der Waals surface area contributed by atoms with Gasteiger partial charge in [-0.1, -0.05) is 18.2 Å². The second-order valence-electron chi connectivity index (χ2n) is 5.59. The number of para-hydroxylation sites is 1. The predicted molar refractivity (Wildman–Crippen MR) is 102 cm³/mol. The first-order valence-corrected chi connectivity index (χ1v) is 8.74. The number of ether oxygens (including phenoxy) is 1. The van der Waals surface area contributed by atoms with Crippen LogP contribution in [0.25, 0.3) is 22.4 Å². The molecule has 134 valence electrons. The minimum absolute atomic E-state index is 0.0881. The summed E-state index contributed by atoms with van der Waals surface area (Å²) in [5.41, 5.74) is 0.426. The van der Waals surface area contributed by atoms with Crippen molar-refractivity contribution in [2.45, 2.75) is 0 Å². The maximum absolute atomic E-state index is 12.5. The number of carbonyl (C=O) groups is 1. The van der Waals surface area contributed by atoms with Crippen molar-refractivity contribution in [1.29, 1.82) is 0 Å². The van der Waals surface area contributed by atoms with E-state index >= 15 is 0 Å². The second kappa shape index (κ2) is 7.00. The number of rotatable bonds is 4. The molecule has 0 saturated carbocycles. The van der Waals surface area contributed by atoms with Crippen molar-refractivity contribution in [1.82, 2.24) is 9.36 Å². The molecule has 0 saturated heterocycles. The highest BCUT2D eigenvalue weighted by Gasteiger charge is 2.16. The average molecular weight is 379 g/mol. The summed E-state index contributed by atoms with van der Waals surface area (Å²) in [6, 6.07) is 15.7. The fourth-order valence-corrected chi connectivity index (χ4v) is 3.10. The quantitative estimate of drug-likeness (QED) is 0.545. The standard InChI is InChI=1S/C19H13N3O4S/c1-25-13-8-6-11(7-9-13)16-20-19(27-22-16)21-17(23)14-10-12-4-2-3-5-15(12)26-18(14)24/h2-10H,1H3,(H,20,21,22,23). The third-order valence-electron chi connectivity index (χ3n) is 3.88. The number of aromatic nitrogens is 2. The van der Waals surface area contributed by atoms with E-state index in [0.717, 1.165) is 22.8 Å². The van der Waals surface area contributed by atoms with Crippen molar-refractivity contribution < 1.29 is 13.9 Å². The summed E-state index contributed by atoms with van der Waals surface area (Å²) >= 11 is 1.03. The molecular formula is C19H13N3O4S. The van der Waals surface area contributed by atoms with Crippen LogP contribution in [-0.4, -0.2) is 22.4 Å². The molecule has 1 N–H and O–H groups in total. The molecule has 0 fully saturated rings. The molecule has 4 rings (SSSR count). The van der Waals surface area contributed by atoms with Crippen molar-refractivity contribution >= 4 is 33.5 Å². The number of nitrogens with zero attached hydrogens (tertiary/aromatic N) is 2. The van der Waals surface area contributed by atoms with E-state index in [2.05, 4.69) is 14.7 Å².